The fraction of sp³-hybridized carbons (Fsp3) is 0.412. The smallest absolute Gasteiger partial charge is 0.388 e. The first kappa shape index (κ1) is 17.1. The van der Waals surface area contributed by atoms with E-state index in [2.05, 4.69) is 41.7 Å². The normalized spacial score (nSPS) is 11.8. The van der Waals surface area contributed by atoms with Crippen LogP contribution in [0, 0.1) is 0 Å². The van der Waals surface area contributed by atoms with Gasteiger partial charge < -0.3 is 4.74 Å². The topological polar surface area (TPSA) is 39.9 Å². The summed E-state index contributed by atoms with van der Waals surface area (Å²) in [6.07, 6.45) is 7.66. The van der Waals surface area contributed by atoms with E-state index in [0.717, 1.165) is 24.2 Å². The highest BCUT2D eigenvalue weighted by Gasteiger charge is 2.13. The number of hydrogen-bond acceptors (Lipinski definition) is 3. The summed E-state index contributed by atoms with van der Waals surface area (Å²) in [6, 6.07) is 5.11. The van der Waals surface area contributed by atoms with Crippen LogP contribution in [0.5, 0.6) is 5.88 Å². The van der Waals surface area contributed by atoms with Crippen molar-refractivity contribution in [1.29, 1.82) is 0 Å². The van der Waals surface area contributed by atoms with E-state index in [1.54, 1.807) is 10.7 Å². The maximum Gasteiger partial charge on any atom is 0.388 e. The highest BCUT2D eigenvalue weighted by atomic mass is 19.3. The third kappa shape index (κ3) is 4.61. The monoisotopic (exact) mass is 321 g/mol. The largest absolute Gasteiger partial charge is 0.417 e. The lowest BCUT2D eigenvalue weighted by atomic mass is 10.1. The van der Waals surface area contributed by atoms with Crippen LogP contribution < -0.4 is 4.74 Å². The summed E-state index contributed by atoms with van der Waals surface area (Å²) >= 11 is 0. The Labute approximate surface area is 134 Å². The molecule has 0 bridgehead atoms. The van der Waals surface area contributed by atoms with Crippen molar-refractivity contribution in [3.8, 4) is 11.6 Å². The van der Waals surface area contributed by atoms with Gasteiger partial charge in [0.2, 0.25) is 5.88 Å². The molecule has 2 heterocycles. The predicted octanol–water partition coefficient (Wildman–Crippen LogP) is 4.81. The highest BCUT2D eigenvalue weighted by Crippen LogP contribution is 2.22. The van der Waals surface area contributed by atoms with Gasteiger partial charge in [0, 0.05) is 11.8 Å². The first-order valence-corrected chi connectivity index (χ1v) is 7.69. The minimum atomic E-state index is -2.88. The van der Waals surface area contributed by atoms with Gasteiger partial charge >= 0.3 is 6.61 Å². The van der Waals surface area contributed by atoms with Crippen molar-refractivity contribution in [3.05, 3.63) is 41.9 Å². The average Bonchev–Trinajstić information content (AvgIpc) is 2.92. The van der Waals surface area contributed by atoms with Crippen LogP contribution >= 0.6 is 0 Å². The van der Waals surface area contributed by atoms with E-state index in [1.807, 2.05) is 12.1 Å². The Morgan fingerprint density at radius 1 is 1.30 bits per heavy atom. The fourth-order valence-electron chi connectivity index (χ4n) is 2.14. The molecule has 23 heavy (non-hydrogen) atoms. The second kappa shape index (κ2) is 7.85. The number of unbranched alkanes of at least 4 members (excludes halogenated alkanes) is 1. The highest BCUT2D eigenvalue weighted by molar-refractivity contribution is 5.47. The third-order valence-corrected chi connectivity index (χ3v) is 3.27. The Bertz CT molecular complexity index is 648. The number of ether oxygens (including phenoxy) is 1. The molecule has 0 aromatic carbocycles. The standard InChI is InChI=1S/C17H21F2N3O/c1-4-5-6-7-13-10-15(12(2)3)22(21-13)14-8-9-16(20-11-14)23-17(18)19/h6-12,17H,4-5H2,1-3H3/b7-6+. The number of aromatic nitrogens is 3. The summed E-state index contributed by atoms with van der Waals surface area (Å²) in [5.41, 5.74) is 2.62. The number of rotatable bonds is 7. The fourth-order valence-corrected chi connectivity index (χ4v) is 2.14. The number of hydrogen-bond donors (Lipinski definition) is 0. The van der Waals surface area contributed by atoms with Crippen molar-refractivity contribution < 1.29 is 13.5 Å². The summed E-state index contributed by atoms with van der Waals surface area (Å²) in [5.74, 6) is 0.165. The lowest BCUT2D eigenvalue weighted by molar-refractivity contribution is -0.0528. The van der Waals surface area contributed by atoms with Crippen molar-refractivity contribution in [2.24, 2.45) is 0 Å². The quantitative estimate of drug-likeness (QED) is 0.735. The second-order valence-corrected chi connectivity index (χ2v) is 5.48. The van der Waals surface area contributed by atoms with E-state index < -0.39 is 6.61 Å². The maximum absolute atomic E-state index is 12.2. The van der Waals surface area contributed by atoms with E-state index in [1.165, 1.54) is 12.3 Å². The molecule has 2 rings (SSSR count). The van der Waals surface area contributed by atoms with Crippen LogP contribution in [0.3, 0.4) is 0 Å². The van der Waals surface area contributed by atoms with Gasteiger partial charge in [-0.1, -0.05) is 33.3 Å². The molecule has 6 heteroatoms. The van der Waals surface area contributed by atoms with Gasteiger partial charge in [0.05, 0.1) is 17.6 Å². The Hall–Kier alpha value is -2.24. The number of alkyl halides is 2. The Morgan fingerprint density at radius 3 is 2.65 bits per heavy atom. The third-order valence-electron chi connectivity index (χ3n) is 3.27. The molecule has 0 aliphatic carbocycles. The molecule has 0 saturated carbocycles. The van der Waals surface area contributed by atoms with Crippen LogP contribution in [0.1, 0.15) is 50.9 Å². The van der Waals surface area contributed by atoms with Gasteiger partial charge in [-0.3, -0.25) is 0 Å². The lowest BCUT2D eigenvalue weighted by Crippen LogP contribution is -2.06. The van der Waals surface area contributed by atoms with Crippen LogP contribution in [0.4, 0.5) is 8.78 Å². The van der Waals surface area contributed by atoms with Crippen LogP contribution in [0.2, 0.25) is 0 Å². The van der Waals surface area contributed by atoms with Gasteiger partial charge in [0.1, 0.15) is 0 Å². The van der Waals surface area contributed by atoms with Gasteiger partial charge in [0.25, 0.3) is 0 Å². The number of pyridine rings is 1. The summed E-state index contributed by atoms with van der Waals surface area (Å²) in [5, 5.41) is 4.57. The van der Waals surface area contributed by atoms with E-state index in [4.69, 9.17) is 0 Å². The van der Waals surface area contributed by atoms with Gasteiger partial charge in [-0.2, -0.15) is 13.9 Å². The minimum Gasteiger partial charge on any atom is -0.417 e. The number of halogens is 2. The number of nitrogens with zero attached hydrogens (tertiary/aromatic N) is 3. The van der Waals surface area contributed by atoms with E-state index >= 15 is 0 Å². The molecule has 2 aromatic heterocycles. The molecule has 0 aliphatic heterocycles. The average molecular weight is 321 g/mol. The predicted molar refractivity (Wildman–Crippen MR) is 86.0 cm³/mol. The molecular weight excluding hydrogens is 300 g/mol. The molecule has 0 spiro atoms. The molecular formula is C17H21F2N3O. The maximum atomic E-state index is 12.2. The van der Waals surface area contributed by atoms with Gasteiger partial charge in [-0.15, -0.1) is 0 Å². The molecule has 0 unspecified atom stereocenters. The summed E-state index contributed by atoms with van der Waals surface area (Å²) in [4.78, 5) is 3.90. The van der Waals surface area contributed by atoms with E-state index in [0.29, 0.717) is 5.69 Å². The van der Waals surface area contributed by atoms with Crippen LogP contribution in [0.15, 0.2) is 30.5 Å². The molecule has 0 aliphatic rings. The zero-order valence-corrected chi connectivity index (χ0v) is 13.5. The SMILES string of the molecule is CCC/C=C/c1cc(C(C)C)n(-c2ccc(OC(F)F)nc2)n1. The summed E-state index contributed by atoms with van der Waals surface area (Å²) in [7, 11) is 0. The van der Waals surface area contributed by atoms with Crippen molar-refractivity contribution in [2.45, 2.75) is 46.1 Å². The molecule has 0 N–H and O–H groups in total. The second-order valence-electron chi connectivity index (χ2n) is 5.48. The molecule has 2 aromatic rings. The zero-order chi connectivity index (χ0) is 16.8. The van der Waals surface area contributed by atoms with Crippen molar-refractivity contribution in [2.75, 3.05) is 0 Å². The van der Waals surface area contributed by atoms with E-state index in [-0.39, 0.29) is 11.8 Å². The van der Waals surface area contributed by atoms with E-state index in [9.17, 15) is 8.78 Å². The van der Waals surface area contributed by atoms with Gasteiger partial charge in [-0.05, 0) is 30.5 Å². The van der Waals surface area contributed by atoms with Crippen LogP contribution in [0.25, 0.3) is 11.8 Å². The first-order chi connectivity index (χ1) is 11.0. The summed E-state index contributed by atoms with van der Waals surface area (Å²) < 4.78 is 30.4. The number of allylic oxidation sites excluding steroid dienone is 1. The molecule has 4 nitrogen and oxygen atoms in total. The Balaban J connectivity index is 2.29. The minimum absolute atomic E-state index is 0.106. The summed E-state index contributed by atoms with van der Waals surface area (Å²) in [6.45, 7) is 3.40. The molecule has 124 valence electrons. The van der Waals surface area contributed by atoms with Crippen LogP contribution in [-0.4, -0.2) is 21.4 Å². The molecule has 0 saturated heterocycles. The van der Waals surface area contributed by atoms with Crippen molar-refractivity contribution in [1.82, 2.24) is 14.8 Å². The molecule has 0 amide bonds. The van der Waals surface area contributed by atoms with Gasteiger partial charge in [0.15, 0.2) is 0 Å². The molecule has 0 atom stereocenters. The van der Waals surface area contributed by atoms with Gasteiger partial charge in [-0.25, -0.2) is 9.67 Å². The Morgan fingerprint density at radius 2 is 2.09 bits per heavy atom. The molecule has 0 radical (unpaired) electrons. The molecule has 0 fully saturated rings. The Kier molecular flexibility index (Phi) is 5.84. The lowest BCUT2D eigenvalue weighted by Gasteiger charge is -2.10. The van der Waals surface area contributed by atoms with Crippen LogP contribution in [-0.2, 0) is 0 Å². The van der Waals surface area contributed by atoms with Crippen molar-refractivity contribution >= 4 is 6.08 Å². The first-order valence-electron chi connectivity index (χ1n) is 7.69. The zero-order valence-electron chi connectivity index (χ0n) is 13.5. The van der Waals surface area contributed by atoms with Crippen molar-refractivity contribution in [3.63, 3.8) is 0 Å².